The molecule has 0 spiro atoms. The highest BCUT2D eigenvalue weighted by Crippen LogP contribution is 2.22. The van der Waals surface area contributed by atoms with E-state index in [1.807, 2.05) is 28.8 Å². The number of aromatic nitrogens is 3. The molecule has 0 saturated carbocycles. The fourth-order valence-corrected chi connectivity index (χ4v) is 4.13. The smallest absolute Gasteiger partial charge is 0.257 e. The van der Waals surface area contributed by atoms with Crippen molar-refractivity contribution in [3.8, 4) is 5.82 Å². The number of carbonyl (C=O) groups is 1. The van der Waals surface area contributed by atoms with Crippen LogP contribution in [0.4, 0.5) is 5.69 Å². The number of sulfone groups is 1. The maximum atomic E-state index is 12.7. The van der Waals surface area contributed by atoms with Gasteiger partial charge in [-0.25, -0.2) is 18.4 Å². The SMILES string of the molecule is Cc1c(CS(C)(=O)=O)cccc1NC(=O)c1ccc(-n2cnc3ccccc32)nc1. The first-order chi connectivity index (χ1) is 14.3. The third-order valence-corrected chi connectivity index (χ3v) is 5.66. The summed E-state index contributed by atoms with van der Waals surface area (Å²) < 4.78 is 25.1. The zero-order valence-electron chi connectivity index (χ0n) is 16.5. The molecule has 0 bridgehead atoms. The Morgan fingerprint density at radius 3 is 2.57 bits per heavy atom. The van der Waals surface area contributed by atoms with Crippen molar-refractivity contribution in [3.05, 3.63) is 83.8 Å². The van der Waals surface area contributed by atoms with Crippen molar-refractivity contribution in [1.29, 1.82) is 0 Å². The Kier molecular flexibility index (Phi) is 5.09. The minimum Gasteiger partial charge on any atom is -0.322 e. The van der Waals surface area contributed by atoms with Crippen molar-refractivity contribution >= 4 is 32.5 Å². The monoisotopic (exact) mass is 420 g/mol. The average molecular weight is 420 g/mol. The first-order valence-electron chi connectivity index (χ1n) is 9.28. The van der Waals surface area contributed by atoms with E-state index >= 15 is 0 Å². The van der Waals surface area contributed by atoms with Crippen LogP contribution in [0.25, 0.3) is 16.9 Å². The van der Waals surface area contributed by atoms with Crippen molar-refractivity contribution < 1.29 is 13.2 Å². The molecule has 0 aliphatic carbocycles. The molecule has 152 valence electrons. The molecule has 2 heterocycles. The van der Waals surface area contributed by atoms with Gasteiger partial charge in [-0.3, -0.25) is 9.36 Å². The van der Waals surface area contributed by atoms with Gasteiger partial charge in [-0.05, 0) is 48.4 Å². The molecule has 2 aromatic carbocycles. The summed E-state index contributed by atoms with van der Waals surface area (Å²) in [5, 5.41) is 2.84. The number of imidazole rings is 1. The van der Waals surface area contributed by atoms with E-state index in [-0.39, 0.29) is 11.7 Å². The molecule has 4 rings (SSSR count). The van der Waals surface area contributed by atoms with Crippen LogP contribution in [0.15, 0.2) is 67.1 Å². The summed E-state index contributed by atoms with van der Waals surface area (Å²) in [4.78, 5) is 21.4. The topological polar surface area (TPSA) is 94.0 Å². The molecule has 2 aromatic heterocycles. The summed E-state index contributed by atoms with van der Waals surface area (Å²) in [6.07, 6.45) is 4.40. The molecule has 0 fully saturated rings. The van der Waals surface area contributed by atoms with Crippen LogP contribution in [-0.4, -0.2) is 35.1 Å². The molecule has 1 N–H and O–H groups in total. The van der Waals surface area contributed by atoms with Gasteiger partial charge in [0.2, 0.25) is 0 Å². The number of hydrogen-bond acceptors (Lipinski definition) is 5. The second-order valence-corrected chi connectivity index (χ2v) is 9.26. The van der Waals surface area contributed by atoms with E-state index in [0.29, 0.717) is 22.6 Å². The van der Waals surface area contributed by atoms with Gasteiger partial charge in [0.1, 0.15) is 12.1 Å². The lowest BCUT2D eigenvalue weighted by molar-refractivity contribution is 0.102. The lowest BCUT2D eigenvalue weighted by Crippen LogP contribution is -2.14. The van der Waals surface area contributed by atoms with Gasteiger partial charge in [0.05, 0.1) is 22.3 Å². The molecule has 0 atom stereocenters. The standard InChI is InChI=1S/C22H20N4O3S/c1-15-17(13-30(2,28)29)6-5-8-18(15)25-22(27)16-10-11-21(23-12-16)26-14-24-19-7-3-4-9-20(19)26/h3-12,14H,13H2,1-2H3,(H,25,27). The third-order valence-electron chi connectivity index (χ3n) is 4.82. The predicted octanol–water partition coefficient (Wildman–Crippen LogP) is 3.53. The Morgan fingerprint density at radius 2 is 1.83 bits per heavy atom. The van der Waals surface area contributed by atoms with Crippen molar-refractivity contribution in [1.82, 2.24) is 14.5 Å². The third kappa shape index (κ3) is 4.08. The van der Waals surface area contributed by atoms with Gasteiger partial charge in [0.15, 0.2) is 9.84 Å². The van der Waals surface area contributed by atoms with Crippen LogP contribution in [0.2, 0.25) is 0 Å². The average Bonchev–Trinajstić information content (AvgIpc) is 3.14. The fraction of sp³-hybridized carbons (Fsp3) is 0.136. The second-order valence-electron chi connectivity index (χ2n) is 7.12. The highest BCUT2D eigenvalue weighted by Gasteiger charge is 2.13. The molecule has 0 saturated heterocycles. The van der Waals surface area contributed by atoms with Gasteiger partial charge < -0.3 is 5.32 Å². The highest BCUT2D eigenvalue weighted by atomic mass is 32.2. The number of fused-ring (bicyclic) bond motifs is 1. The number of hydrogen-bond donors (Lipinski definition) is 1. The van der Waals surface area contributed by atoms with Crippen LogP contribution in [-0.2, 0) is 15.6 Å². The minimum absolute atomic E-state index is 0.0718. The van der Waals surface area contributed by atoms with E-state index in [0.717, 1.165) is 16.6 Å². The van der Waals surface area contributed by atoms with Gasteiger partial charge in [-0.2, -0.15) is 0 Å². The Hall–Kier alpha value is -3.52. The van der Waals surface area contributed by atoms with Crippen molar-refractivity contribution in [2.24, 2.45) is 0 Å². The van der Waals surface area contributed by atoms with Gasteiger partial charge in [-0.1, -0.05) is 24.3 Å². The summed E-state index contributed by atoms with van der Waals surface area (Å²) in [6, 6.07) is 16.4. The maximum absolute atomic E-state index is 12.7. The van der Waals surface area contributed by atoms with E-state index in [1.54, 1.807) is 43.6 Å². The first kappa shape index (κ1) is 19.8. The van der Waals surface area contributed by atoms with Crippen molar-refractivity contribution in [2.45, 2.75) is 12.7 Å². The number of nitrogens with zero attached hydrogens (tertiary/aromatic N) is 3. The first-order valence-corrected chi connectivity index (χ1v) is 11.3. The van der Waals surface area contributed by atoms with E-state index in [4.69, 9.17) is 0 Å². The number of anilines is 1. The lowest BCUT2D eigenvalue weighted by Gasteiger charge is -2.12. The zero-order valence-corrected chi connectivity index (χ0v) is 17.3. The number of carbonyl (C=O) groups excluding carboxylic acids is 1. The van der Waals surface area contributed by atoms with Crippen molar-refractivity contribution in [3.63, 3.8) is 0 Å². The van der Waals surface area contributed by atoms with Gasteiger partial charge in [0, 0.05) is 18.1 Å². The molecule has 0 aliphatic heterocycles. The molecule has 30 heavy (non-hydrogen) atoms. The summed E-state index contributed by atoms with van der Waals surface area (Å²) in [5.74, 6) is 0.271. The molecule has 8 heteroatoms. The van der Waals surface area contributed by atoms with Gasteiger partial charge in [0.25, 0.3) is 5.91 Å². The Morgan fingerprint density at radius 1 is 1.03 bits per heavy atom. The zero-order chi connectivity index (χ0) is 21.3. The van der Waals surface area contributed by atoms with Crippen LogP contribution < -0.4 is 5.32 Å². The maximum Gasteiger partial charge on any atom is 0.257 e. The molecule has 0 aliphatic rings. The Bertz CT molecular complexity index is 1340. The molecule has 0 unspecified atom stereocenters. The summed E-state index contributed by atoms with van der Waals surface area (Å²) in [7, 11) is -3.17. The molecule has 4 aromatic rings. The number of benzene rings is 2. The summed E-state index contributed by atoms with van der Waals surface area (Å²) in [6.45, 7) is 1.79. The van der Waals surface area contributed by atoms with Crippen LogP contribution in [0.5, 0.6) is 0 Å². The van der Waals surface area contributed by atoms with E-state index in [9.17, 15) is 13.2 Å². The van der Waals surface area contributed by atoms with Crippen LogP contribution in [0.3, 0.4) is 0 Å². The predicted molar refractivity (Wildman–Crippen MR) is 117 cm³/mol. The quantitative estimate of drug-likeness (QED) is 0.533. The Balaban J connectivity index is 1.56. The summed E-state index contributed by atoms with van der Waals surface area (Å²) in [5.41, 5.74) is 4.16. The van der Waals surface area contributed by atoms with Gasteiger partial charge >= 0.3 is 0 Å². The van der Waals surface area contributed by atoms with Crippen LogP contribution in [0, 0.1) is 6.92 Å². The Labute approximate surface area is 174 Å². The fourth-order valence-electron chi connectivity index (χ4n) is 3.26. The lowest BCUT2D eigenvalue weighted by atomic mass is 10.1. The molecule has 7 nitrogen and oxygen atoms in total. The normalized spacial score (nSPS) is 11.5. The second kappa shape index (κ2) is 7.72. The largest absolute Gasteiger partial charge is 0.322 e. The number of rotatable bonds is 5. The number of para-hydroxylation sites is 2. The van der Waals surface area contributed by atoms with Crippen molar-refractivity contribution in [2.75, 3.05) is 11.6 Å². The van der Waals surface area contributed by atoms with Crippen LogP contribution in [0.1, 0.15) is 21.5 Å². The highest BCUT2D eigenvalue weighted by molar-refractivity contribution is 7.89. The van der Waals surface area contributed by atoms with E-state index < -0.39 is 9.84 Å². The number of pyridine rings is 1. The number of amides is 1. The molecular weight excluding hydrogens is 400 g/mol. The van der Waals surface area contributed by atoms with E-state index in [1.165, 1.54) is 12.5 Å². The van der Waals surface area contributed by atoms with Crippen LogP contribution >= 0.6 is 0 Å². The molecule has 1 amide bonds. The summed E-state index contributed by atoms with van der Waals surface area (Å²) >= 11 is 0. The molecule has 0 radical (unpaired) electrons. The van der Waals surface area contributed by atoms with Gasteiger partial charge in [-0.15, -0.1) is 0 Å². The minimum atomic E-state index is -3.17. The molecular formula is C22H20N4O3S. The number of nitrogens with one attached hydrogen (secondary N) is 1. The van der Waals surface area contributed by atoms with E-state index in [2.05, 4.69) is 15.3 Å².